The van der Waals surface area contributed by atoms with Crippen LogP contribution >= 0.6 is 0 Å². The molecule has 3 fully saturated rings. The highest BCUT2D eigenvalue weighted by atomic mass is 16.2. The molecule has 0 bridgehead atoms. The third-order valence-electron chi connectivity index (χ3n) is 5.60. The molecule has 0 aromatic carbocycles. The molecule has 2 saturated carbocycles. The summed E-state index contributed by atoms with van der Waals surface area (Å²) in [5, 5.41) is 0. The van der Waals surface area contributed by atoms with Crippen molar-refractivity contribution in [3.8, 4) is 0 Å². The number of hydrogen-bond donors (Lipinski definition) is 0. The van der Waals surface area contributed by atoms with E-state index in [0.717, 1.165) is 0 Å². The maximum absolute atomic E-state index is 12.7. The third-order valence-corrected chi connectivity index (χ3v) is 5.60. The molecule has 0 spiro atoms. The van der Waals surface area contributed by atoms with Crippen molar-refractivity contribution in [3.05, 3.63) is 24.3 Å². The van der Waals surface area contributed by atoms with Crippen LogP contribution < -0.4 is 0 Å². The first-order valence-corrected chi connectivity index (χ1v) is 8.60. The van der Waals surface area contributed by atoms with Crippen molar-refractivity contribution < 1.29 is 9.59 Å². The van der Waals surface area contributed by atoms with Crippen LogP contribution in [0.3, 0.4) is 0 Å². The standard InChI is InChI=1S/C17H22N4O2/c22-16(14-11-18-5-6-19-14)20-7-9-21(10-8-20)17(23)15-12-3-1-2-4-13(12)15/h5-6,11-13,15H,1-4,7-10H2. The molecule has 2 heterocycles. The first-order valence-electron chi connectivity index (χ1n) is 8.60. The lowest BCUT2D eigenvalue weighted by Gasteiger charge is -2.34. The molecule has 1 saturated heterocycles. The van der Waals surface area contributed by atoms with Gasteiger partial charge in [-0.25, -0.2) is 4.98 Å². The van der Waals surface area contributed by atoms with E-state index in [1.54, 1.807) is 11.1 Å². The fourth-order valence-electron chi connectivity index (χ4n) is 4.27. The molecule has 4 rings (SSSR count). The van der Waals surface area contributed by atoms with Gasteiger partial charge in [0.2, 0.25) is 5.91 Å². The Labute approximate surface area is 135 Å². The molecule has 3 aliphatic rings. The summed E-state index contributed by atoms with van der Waals surface area (Å²) >= 11 is 0. The van der Waals surface area contributed by atoms with E-state index in [1.807, 2.05) is 4.90 Å². The fourth-order valence-corrected chi connectivity index (χ4v) is 4.27. The molecule has 1 aromatic heterocycles. The predicted molar refractivity (Wildman–Crippen MR) is 83.5 cm³/mol. The predicted octanol–water partition coefficient (Wildman–Crippen LogP) is 1.20. The summed E-state index contributed by atoms with van der Waals surface area (Å²) in [4.78, 5) is 36.8. The van der Waals surface area contributed by atoms with E-state index >= 15 is 0 Å². The maximum Gasteiger partial charge on any atom is 0.274 e. The number of hydrogen-bond acceptors (Lipinski definition) is 4. The van der Waals surface area contributed by atoms with Crippen molar-refractivity contribution in [1.82, 2.24) is 19.8 Å². The van der Waals surface area contributed by atoms with Crippen LogP contribution in [0.4, 0.5) is 0 Å². The van der Waals surface area contributed by atoms with Crippen molar-refractivity contribution in [1.29, 1.82) is 0 Å². The van der Waals surface area contributed by atoms with Crippen LogP contribution in [0, 0.1) is 17.8 Å². The van der Waals surface area contributed by atoms with Gasteiger partial charge in [-0.2, -0.15) is 0 Å². The van der Waals surface area contributed by atoms with Crippen molar-refractivity contribution in [2.75, 3.05) is 26.2 Å². The summed E-state index contributed by atoms with van der Waals surface area (Å²) < 4.78 is 0. The fraction of sp³-hybridized carbons (Fsp3) is 0.647. The number of piperazine rings is 1. The zero-order chi connectivity index (χ0) is 15.8. The number of carbonyl (C=O) groups is 2. The van der Waals surface area contributed by atoms with Gasteiger partial charge in [0.05, 0.1) is 6.20 Å². The van der Waals surface area contributed by atoms with Gasteiger partial charge in [0.15, 0.2) is 0 Å². The van der Waals surface area contributed by atoms with Gasteiger partial charge in [0, 0.05) is 44.5 Å². The molecule has 2 unspecified atom stereocenters. The Bertz CT molecular complexity index is 586. The Balaban J connectivity index is 1.33. The molecule has 0 radical (unpaired) electrons. The number of amides is 2. The molecule has 2 atom stereocenters. The average molecular weight is 314 g/mol. The van der Waals surface area contributed by atoms with Gasteiger partial charge in [-0.3, -0.25) is 14.6 Å². The SMILES string of the molecule is O=C(c1cnccn1)N1CCN(C(=O)C2C3CCCCC32)CC1. The summed E-state index contributed by atoms with van der Waals surface area (Å²) in [5.74, 6) is 1.81. The highest BCUT2D eigenvalue weighted by molar-refractivity contribution is 5.92. The minimum absolute atomic E-state index is 0.0923. The van der Waals surface area contributed by atoms with Gasteiger partial charge in [-0.15, -0.1) is 0 Å². The van der Waals surface area contributed by atoms with Crippen LogP contribution in [0.2, 0.25) is 0 Å². The molecular weight excluding hydrogens is 292 g/mol. The smallest absolute Gasteiger partial charge is 0.274 e. The normalized spacial score (nSPS) is 29.8. The topological polar surface area (TPSA) is 66.4 Å². The molecular formula is C17H22N4O2. The first-order chi connectivity index (χ1) is 11.3. The minimum Gasteiger partial charge on any atom is -0.339 e. The Hall–Kier alpha value is -1.98. The van der Waals surface area contributed by atoms with E-state index in [-0.39, 0.29) is 11.8 Å². The largest absolute Gasteiger partial charge is 0.339 e. The molecule has 2 amide bonds. The van der Waals surface area contributed by atoms with Gasteiger partial charge in [-0.05, 0) is 24.7 Å². The van der Waals surface area contributed by atoms with E-state index in [1.165, 1.54) is 38.1 Å². The van der Waals surface area contributed by atoms with Crippen LogP contribution in [-0.2, 0) is 4.79 Å². The zero-order valence-corrected chi connectivity index (χ0v) is 13.2. The molecule has 1 aliphatic heterocycles. The highest BCUT2D eigenvalue weighted by Crippen LogP contribution is 2.56. The summed E-state index contributed by atoms with van der Waals surface area (Å²) in [5.41, 5.74) is 0.375. The van der Waals surface area contributed by atoms with Crippen molar-refractivity contribution in [3.63, 3.8) is 0 Å². The number of aromatic nitrogens is 2. The summed E-state index contributed by atoms with van der Waals surface area (Å²) in [7, 11) is 0. The Morgan fingerprint density at radius 3 is 2.22 bits per heavy atom. The second kappa shape index (κ2) is 5.91. The first kappa shape index (κ1) is 14.6. The molecule has 6 heteroatoms. The van der Waals surface area contributed by atoms with Gasteiger partial charge < -0.3 is 9.80 Å². The summed E-state index contributed by atoms with van der Waals surface area (Å²) in [6, 6.07) is 0. The van der Waals surface area contributed by atoms with Gasteiger partial charge in [0.25, 0.3) is 5.91 Å². The molecule has 0 N–H and O–H groups in total. The van der Waals surface area contributed by atoms with Crippen LogP contribution in [0.15, 0.2) is 18.6 Å². The average Bonchev–Trinajstić information content (AvgIpc) is 3.36. The Kier molecular flexibility index (Phi) is 3.75. The van der Waals surface area contributed by atoms with Crippen molar-refractivity contribution in [2.24, 2.45) is 17.8 Å². The van der Waals surface area contributed by atoms with Crippen molar-refractivity contribution in [2.45, 2.75) is 25.7 Å². The van der Waals surface area contributed by atoms with Crippen LogP contribution in [0.1, 0.15) is 36.2 Å². The number of rotatable bonds is 2. The van der Waals surface area contributed by atoms with Crippen LogP contribution in [0.25, 0.3) is 0 Å². The summed E-state index contributed by atoms with van der Waals surface area (Å²) in [6.45, 7) is 2.45. The highest BCUT2D eigenvalue weighted by Gasteiger charge is 2.55. The van der Waals surface area contributed by atoms with E-state index in [0.29, 0.717) is 49.6 Å². The molecule has 23 heavy (non-hydrogen) atoms. The van der Waals surface area contributed by atoms with Gasteiger partial charge >= 0.3 is 0 Å². The monoisotopic (exact) mass is 314 g/mol. The number of fused-ring (bicyclic) bond motifs is 1. The number of carbonyl (C=O) groups excluding carboxylic acids is 2. The third kappa shape index (κ3) is 2.71. The molecule has 122 valence electrons. The molecule has 2 aliphatic carbocycles. The molecule has 6 nitrogen and oxygen atoms in total. The van der Waals surface area contributed by atoms with E-state index in [9.17, 15) is 9.59 Å². The minimum atomic E-state index is -0.0923. The lowest BCUT2D eigenvalue weighted by Crippen LogP contribution is -2.51. The summed E-state index contributed by atoms with van der Waals surface area (Å²) in [6.07, 6.45) is 9.61. The van der Waals surface area contributed by atoms with Crippen LogP contribution in [-0.4, -0.2) is 57.8 Å². The van der Waals surface area contributed by atoms with Gasteiger partial charge in [-0.1, -0.05) is 12.8 Å². The molecule has 1 aromatic rings. The lowest BCUT2D eigenvalue weighted by atomic mass is 10.0. The van der Waals surface area contributed by atoms with E-state index < -0.39 is 0 Å². The second-order valence-electron chi connectivity index (χ2n) is 6.85. The van der Waals surface area contributed by atoms with E-state index in [4.69, 9.17) is 0 Å². The second-order valence-corrected chi connectivity index (χ2v) is 6.85. The quantitative estimate of drug-likeness (QED) is 0.822. The number of nitrogens with zero attached hydrogens (tertiary/aromatic N) is 4. The van der Waals surface area contributed by atoms with Crippen molar-refractivity contribution >= 4 is 11.8 Å². The zero-order valence-electron chi connectivity index (χ0n) is 13.2. The van der Waals surface area contributed by atoms with Crippen LogP contribution in [0.5, 0.6) is 0 Å². The Morgan fingerprint density at radius 1 is 0.957 bits per heavy atom. The maximum atomic E-state index is 12.7. The van der Waals surface area contributed by atoms with E-state index in [2.05, 4.69) is 9.97 Å². The lowest BCUT2D eigenvalue weighted by molar-refractivity contribution is -0.134. The Morgan fingerprint density at radius 2 is 1.61 bits per heavy atom. The van der Waals surface area contributed by atoms with Gasteiger partial charge in [0.1, 0.15) is 5.69 Å².